The molecule has 2 aliphatic heterocycles. The molecule has 2 nitrogen and oxygen atoms in total. The summed E-state index contributed by atoms with van der Waals surface area (Å²) in [6.07, 6.45) is 3.56. The second-order valence-corrected chi connectivity index (χ2v) is 4.27. The molecule has 13 heavy (non-hydrogen) atoms. The summed E-state index contributed by atoms with van der Waals surface area (Å²) in [5.41, 5.74) is 0. The summed E-state index contributed by atoms with van der Waals surface area (Å²) in [7, 11) is 0. The molecule has 0 aromatic rings. The van der Waals surface area contributed by atoms with Crippen LogP contribution in [0.1, 0.15) is 25.7 Å². The zero-order valence-corrected chi connectivity index (χ0v) is 8.14. The van der Waals surface area contributed by atoms with Gasteiger partial charge in [0.15, 0.2) is 0 Å². The van der Waals surface area contributed by atoms with Gasteiger partial charge in [-0.05, 0) is 32.2 Å². The average molecular weight is 186 g/mol. The number of nitrogens with one attached hydrogen (secondary N) is 1. The van der Waals surface area contributed by atoms with E-state index in [0.717, 1.165) is 32.5 Å². The van der Waals surface area contributed by atoms with Crippen molar-refractivity contribution in [1.29, 1.82) is 0 Å². The van der Waals surface area contributed by atoms with Crippen LogP contribution in [0.15, 0.2) is 0 Å². The minimum Gasteiger partial charge on any atom is -0.313 e. The van der Waals surface area contributed by atoms with Gasteiger partial charge in [-0.1, -0.05) is 0 Å². The van der Waals surface area contributed by atoms with E-state index in [1.165, 1.54) is 19.4 Å². The van der Waals surface area contributed by atoms with Gasteiger partial charge in [0.05, 0.1) is 0 Å². The van der Waals surface area contributed by atoms with E-state index >= 15 is 0 Å². The molecule has 1 N–H and O–H groups in total. The molecule has 2 fully saturated rings. The van der Waals surface area contributed by atoms with Crippen LogP contribution in [0, 0.1) is 0 Å². The maximum absolute atomic E-state index is 12.8. The minimum absolute atomic E-state index is 0.534. The van der Waals surface area contributed by atoms with Crippen LogP contribution in [0.5, 0.6) is 0 Å². The first-order valence-electron chi connectivity index (χ1n) is 5.44. The molecule has 76 valence electrons. The van der Waals surface area contributed by atoms with E-state index in [4.69, 9.17) is 0 Å². The van der Waals surface area contributed by atoms with Crippen molar-refractivity contribution in [3.63, 3.8) is 0 Å². The number of piperidine rings is 1. The summed E-state index contributed by atoms with van der Waals surface area (Å²) in [6.45, 7) is 4.22. The molecular formula is C10H19FN2. The van der Waals surface area contributed by atoms with E-state index in [1.807, 2.05) is 0 Å². The number of hydrogen-bond acceptors (Lipinski definition) is 2. The van der Waals surface area contributed by atoms with Crippen molar-refractivity contribution in [2.75, 3.05) is 26.2 Å². The third-order valence-corrected chi connectivity index (χ3v) is 3.16. The Bertz CT molecular complexity index is 149. The first-order chi connectivity index (χ1) is 6.34. The predicted octanol–water partition coefficient (Wildman–Crippen LogP) is 1.17. The summed E-state index contributed by atoms with van der Waals surface area (Å²) in [4.78, 5) is 2.40. The van der Waals surface area contributed by atoms with Gasteiger partial charge in [-0.3, -0.25) is 0 Å². The second kappa shape index (κ2) is 4.38. The van der Waals surface area contributed by atoms with Gasteiger partial charge in [0.1, 0.15) is 6.17 Å². The fourth-order valence-electron chi connectivity index (χ4n) is 2.31. The Balaban J connectivity index is 1.69. The van der Waals surface area contributed by atoms with Gasteiger partial charge in [0, 0.05) is 25.7 Å². The van der Waals surface area contributed by atoms with E-state index in [-0.39, 0.29) is 0 Å². The number of likely N-dealkylation sites (tertiary alicyclic amines) is 1. The lowest BCUT2D eigenvalue weighted by molar-refractivity contribution is 0.142. The molecule has 0 spiro atoms. The first kappa shape index (κ1) is 9.41. The molecule has 0 amide bonds. The molecule has 0 radical (unpaired) electrons. The lowest BCUT2D eigenvalue weighted by Crippen LogP contribution is -2.42. The Morgan fingerprint density at radius 1 is 1.23 bits per heavy atom. The molecule has 0 aliphatic carbocycles. The zero-order valence-electron chi connectivity index (χ0n) is 8.14. The summed E-state index contributed by atoms with van der Waals surface area (Å²) in [5, 5.41) is 3.48. The van der Waals surface area contributed by atoms with Crippen molar-refractivity contribution in [3.8, 4) is 0 Å². The van der Waals surface area contributed by atoms with Crippen molar-refractivity contribution in [2.45, 2.75) is 37.9 Å². The van der Waals surface area contributed by atoms with Gasteiger partial charge in [-0.25, -0.2) is 4.39 Å². The van der Waals surface area contributed by atoms with Gasteiger partial charge in [0.2, 0.25) is 0 Å². The van der Waals surface area contributed by atoms with Crippen molar-refractivity contribution >= 4 is 0 Å². The van der Waals surface area contributed by atoms with E-state index in [9.17, 15) is 4.39 Å². The van der Waals surface area contributed by atoms with Gasteiger partial charge in [-0.15, -0.1) is 0 Å². The summed E-state index contributed by atoms with van der Waals surface area (Å²) in [6, 6.07) is 0.677. The Hall–Kier alpha value is -0.150. The van der Waals surface area contributed by atoms with Crippen LogP contribution in [-0.2, 0) is 0 Å². The maximum Gasteiger partial charge on any atom is 0.103 e. The summed E-state index contributed by atoms with van der Waals surface area (Å²) >= 11 is 0. The fourth-order valence-corrected chi connectivity index (χ4v) is 2.31. The van der Waals surface area contributed by atoms with Gasteiger partial charge < -0.3 is 10.2 Å². The average Bonchev–Trinajstić information content (AvgIpc) is 2.62. The number of hydrogen-bond donors (Lipinski definition) is 1. The number of halogens is 1. The van der Waals surface area contributed by atoms with Crippen LogP contribution >= 0.6 is 0 Å². The Morgan fingerprint density at radius 2 is 2.00 bits per heavy atom. The molecule has 0 bridgehead atoms. The molecule has 3 heteroatoms. The van der Waals surface area contributed by atoms with E-state index in [2.05, 4.69) is 10.2 Å². The smallest absolute Gasteiger partial charge is 0.103 e. The van der Waals surface area contributed by atoms with Crippen LogP contribution in [0.3, 0.4) is 0 Å². The molecule has 0 saturated carbocycles. The monoisotopic (exact) mass is 186 g/mol. The highest BCUT2D eigenvalue weighted by Gasteiger charge is 2.22. The number of nitrogens with zero attached hydrogens (tertiary/aromatic N) is 1. The highest BCUT2D eigenvalue weighted by Crippen LogP contribution is 2.15. The standard InChI is InChI=1S/C10H19FN2/c11-9-3-6-13(7-4-9)8-10-2-1-5-12-10/h9-10,12H,1-8H2. The Labute approximate surface area is 79.5 Å². The molecule has 2 rings (SSSR count). The maximum atomic E-state index is 12.8. The van der Waals surface area contributed by atoms with Gasteiger partial charge in [0.25, 0.3) is 0 Å². The zero-order chi connectivity index (χ0) is 9.10. The molecule has 2 aliphatic rings. The van der Waals surface area contributed by atoms with Crippen LogP contribution in [0.25, 0.3) is 0 Å². The highest BCUT2D eigenvalue weighted by molar-refractivity contribution is 4.80. The fraction of sp³-hybridized carbons (Fsp3) is 1.00. The van der Waals surface area contributed by atoms with Crippen LogP contribution in [0.2, 0.25) is 0 Å². The molecule has 1 unspecified atom stereocenters. The van der Waals surface area contributed by atoms with Crippen LogP contribution in [-0.4, -0.2) is 43.3 Å². The van der Waals surface area contributed by atoms with E-state index in [1.54, 1.807) is 0 Å². The topological polar surface area (TPSA) is 15.3 Å². The van der Waals surface area contributed by atoms with Gasteiger partial charge >= 0.3 is 0 Å². The van der Waals surface area contributed by atoms with E-state index < -0.39 is 6.17 Å². The largest absolute Gasteiger partial charge is 0.313 e. The molecular weight excluding hydrogens is 167 g/mol. The van der Waals surface area contributed by atoms with Crippen LogP contribution < -0.4 is 5.32 Å². The van der Waals surface area contributed by atoms with Crippen molar-refractivity contribution in [3.05, 3.63) is 0 Å². The minimum atomic E-state index is -0.534. The third kappa shape index (κ3) is 2.64. The van der Waals surface area contributed by atoms with E-state index in [0.29, 0.717) is 6.04 Å². The first-order valence-corrected chi connectivity index (χ1v) is 5.44. The SMILES string of the molecule is FC1CCN(CC2CCCN2)CC1. The summed E-state index contributed by atoms with van der Waals surface area (Å²) < 4.78 is 12.8. The number of alkyl halides is 1. The van der Waals surface area contributed by atoms with Crippen molar-refractivity contribution in [1.82, 2.24) is 10.2 Å². The van der Waals surface area contributed by atoms with Crippen molar-refractivity contribution in [2.24, 2.45) is 0 Å². The molecule has 0 aromatic heterocycles. The molecule has 2 saturated heterocycles. The van der Waals surface area contributed by atoms with Crippen LogP contribution in [0.4, 0.5) is 4.39 Å². The molecule has 1 atom stereocenters. The lowest BCUT2D eigenvalue weighted by Gasteiger charge is -2.30. The molecule has 2 heterocycles. The quantitative estimate of drug-likeness (QED) is 0.696. The predicted molar refractivity (Wildman–Crippen MR) is 51.6 cm³/mol. The second-order valence-electron chi connectivity index (χ2n) is 4.27. The third-order valence-electron chi connectivity index (χ3n) is 3.16. The molecule has 0 aromatic carbocycles. The Morgan fingerprint density at radius 3 is 2.62 bits per heavy atom. The Kier molecular flexibility index (Phi) is 3.17. The van der Waals surface area contributed by atoms with Gasteiger partial charge in [-0.2, -0.15) is 0 Å². The highest BCUT2D eigenvalue weighted by atomic mass is 19.1. The van der Waals surface area contributed by atoms with Crippen molar-refractivity contribution < 1.29 is 4.39 Å². The normalized spacial score (nSPS) is 32.5. The lowest BCUT2D eigenvalue weighted by atomic mass is 10.1. The number of rotatable bonds is 2. The summed E-state index contributed by atoms with van der Waals surface area (Å²) in [5.74, 6) is 0.